The first-order valence-corrected chi connectivity index (χ1v) is 7.46. The molecule has 0 radical (unpaired) electrons. The molecule has 0 spiro atoms. The van der Waals surface area contributed by atoms with Gasteiger partial charge < -0.3 is 10.2 Å². The maximum Gasteiger partial charge on any atom is 0.327 e. The molecule has 2 aliphatic heterocycles. The predicted molar refractivity (Wildman–Crippen MR) is 73.0 cm³/mol. The molecule has 3 heterocycles. The highest BCUT2D eigenvalue weighted by Crippen LogP contribution is 2.26. The first kappa shape index (κ1) is 13.1. The number of fused-ring (bicyclic) bond motifs is 1. The summed E-state index contributed by atoms with van der Waals surface area (Å²) in [5.41, 5.74) is 0. The highest BCUT2D eigenvalue weighted by atomic mass is 32.1. The van der Waals surface area contributed by atoms with Crippen LogP contribution in [-0.2, 0) is 16.1 Å². The van der Waals surface area contributed by atoms with Crippen LogP contribution in [0.2, 0.25) is 0 Å². The summed E-state index contributed by atoms with van der Waals surface area (Å²) in [6, 6.07) is 3.16. The smallest absolute Gasteiger partial charge is 0.327 e. The van der Waals surface area contributed by atoms with Gasteiger partial charge in [0.15, 0.2) is 0 Å². The Balaban J connectivity index is 1.56. The van der Waals surface area contributed by atoms with Gasteiger partial charge in [0.2, 0.25) is 5.91 Å². The third kappa shape index (κ3) is 2.29. The van der Waals surface area contributed by atoms with Crippen molar-refractivity contribution >= 4 is 29.2 Å². The second-order valence-electron chi connectivity index (χ2n) is 4.91. The molecule has 2 aliphatic rings. The normalized spacial score (nSPS) is 21.5. The first-order valence-electron chi connectivity index (χ1n) is 6.58. The highest BCUT2D eigenvalue weighted by Gasteiger charge is 2.47. The van der Waals surface area contributed by atoms with Crippen molar-refractivity contribution in [1.29, 1.82) is 0 Å². The lowest BCUT2D eigenvalue weighted by atomic mass is 10.2. The number of urea groups is 1. The van der Waals surface area contributed by atoms with Crippen LogP contribution in [0.5, 0.6) is 0 Å². The third-order valence-electron chi connectivity index (χ3n) is 3.62. The Labute approximate surface area is 120 Å². The number of imide groups is 1. The van der Waals surface area contributed by atoms with Gasteiger partial charge in [0.25, 0.3) is 5.91 Å². The molecule has 0 aliphatic carbocycles. The third-order valence-corrected chi connectivity index (χ3v) is 4.50. The van der Waals surface area contributed by atoms with Crippen molar-refractivity contribution in [3.05, 3.63) is 22.4 Å². The standard InChI is InChI=1S/C13H15N3O3S/c17-11(14-7-9-3-2-6-20-9)8-16-12(18)10-4-1-5-15(10)13(16)19/h2-3,6,10H,1,4-5,7-8H2,(H,14,17). The van der Waals surface area contributed by atoms with Crippen LogP contribution in [0, 0.1) is 0 Å². The summed E-state index contributed by atoms with van der Waals surface area (Å²) >= 11 is 1.55. The van der Waals surface area contributed by atoms with Gasteiger partial charge in [-0.05, 0) is 24.3 Å². The second kappa shape index (κ2) is 5.24. The van der Waals surface area contributed by atoms with Gasteiger partial charge >= 0.3 is 6.03 Å². The summed E-state index contributed by atoms with van der Waals surface area (Å²) in [5, 5.41) is 4.66. The molecule has 1 unspecified atom stereocenters. The van der Waals surface area contributed by atoms with Crippen LogP contribution >= 0.6 is 11.3 Å². The van der Waals surface area contributed by atoms with E-state index in [1.807, 2.05) is 17.5 Å². The number of hydrogen-bond donors (Lipinski definition) is 1. The van der Waals surface area contributed by atoms with Gasteiger partial charge in [-0.25, -0.2) is 4.79 Å². The molecule has 20 heavy (non-hydrogen) atoms. The molecule has 1 aromatic rings. The van der Waals surface area contributed by atoms with E-state index in [4.69, 9.17) is 0 Å². The largest absolute Gasteiger partial charge is 0.350 e. The average Bonchev–Trinajstić information content (AvgIpc) is 3.13. The summed E-state index contributed by atoms with van der Waals surface area (Å²) in [7, 11) is 0. The van der Waals surface area contributed by atoms with Gasteiger partial charge in [-0.3, -0.25) is 14.5 Å². The number of rotatable bonds is 4. The van der Waals surface area contributed by atoms with Crippen molar-refractivity contribution in [3.8, 4) is 0 Å². The Hall–Kier alpha value is -1.89. The van der Waals surface area contributed by atoms with Crippen LogP contribution in [0.4, 0.5) is 4.79 Å². The van der Waals surface area contributed by atoms with Crippen LogP contribution in [0.15, 0.2) is 17.5 Å². The monoisotopic (exact) mass is 293 g/mol. The van der Waals surface area contributed by atoms with E-state index in [1.54, 1.807) is 16.2 Å². The van der Waals surface area contributed by atoms with E-state index in [1.165, 1.54) is 0 Å². The number of thiophene rings is 1. The average molecular weight is 293 g/mol. The Morgan fingerprint density at radius 1 is 1.45 bits per heavy atom. The van der Waals surface area contributed by atoms with E-state index in [0.717, 1.165) is 16.2 Å². The molecule has 3 rings (SSSR count). The van der Waals surface area contributed by atoms with E-state index in [2.05, 4.69) is 5.32 Å². The minimum Gasteiger partial charge on any atom is -0.350 e. The lowest BCUT2D eigenvalue weighted by Crippen LogP contribution is -2.41. The fourth-order valence-electron chi connectivity index (χ4n) is 2.63. The fraction of sp³-hybridized carbons (Fsp3) is 0.462. The van der Waals surface area contributed by atoms with Crippen LogP contribution in [-0.4, -0.2) is 46.8 Å². The fourth-order valence-corrected chi connectivity index (χ4v) is 3.27. The molecule has 2 saturated heterocycles. The molecule has 6 nitrogen and oxygen atoms in total. The molecular weight excluding hydrogens is 278 g/mol. The number of carbonyl (C=O) groups is 3. The summed E-state index contributed by atoms with van der Waals surface area (Å²) < 4.78 is 0. The van der Waals surface area contributed by atoms with Crippen LogP contribution < -0.4 is 5.32 Å². The molecule has 2 fully saturated rings. The maximum atomic E-state index is 12.1. The van der Waals surface area contributed by atoms with Gasteiger partial charge in [-0.15, -0.1) is 11.3 Å². The number of carbonyl (C=O) groups excluding carboxylic acids is 3. The molecule has 4 amide bonds. The topological polar surface area (TPSA) is 69.7 Å². The Bertz CT molecular complexity index is 521. The second-order valence-corrected chi connectivity index (χ2v) is 5.95. The number of amides is 4. The zero-order valence-electron chi connectivity index (χ0n) is 10.9. The van der Waals surface area contributed by atoms with Gasteiger partial charge in [-0.1, -0.05) is 6.07 Å². The van der Waals surface area contributed by atoms with Crippen molar-refractivity contribution in [1.82, 2.24) is 15.1 Å². The lowest BCUT2D eigenvalue weighted by molar-refractivity contribution is -0.132. The maximum absolute atomic E-state index is 12.1. The van der Waals surface area contributed by atoms with Crippen LogP contribution in [0.1, 0.15) is 17.7 Å². The summed E-state index contributed by atoms with van der Waals surface area (Å²) in [5.74, 6) is -0.542. The Kier molecular flexibility index (Phi) is 3.43. The van der Waals surface area contributed by atoms with Gasteiger partial charge in [-0.2, -0.15) is 0 Å². The zero-order valence-corrected chi connectivity index (χ0v) is 11.7. The zero-order chi connectivity index (χ0) is 14.1. The Morgan fingerprint density at radius 2 is 2.30 bits per heavy atom. The minimum atomic E-state index is -0.340. The van der Waals surface area contributed by atoms with Crippen molar-refractivity contribution in [2.24, 2.45) is 0 Å². The summed E-state index contributed by atoms with van der Waals surface area (Å²) in [6.07, 6.45) is 1.57. The molecule has 1 N–H and O–H groups in total. The molecular formula is C13H15N3O3S. The first-order chi connectivity index (χ1) is 9.66. The molecule has 7 heteroatoms. The number of nitrogens with zero attached hydrogens (tertiary/aromatic N) is 2. The van der Waals surface area contributed by atoms with Crippen molar-refractivity contribution < 1.29 is 14.4 Å². The highest BCUT2D eigenvalue weighted by molar-refractivity contribution is 7.09. The van der Waals surface area contributed by atoms with E-state index in [-0.39, 0.29) is 30.4 Å². The van der Waals surface area contributed by atoms with Crippen molar-refractivity contribution in [2.45, 2.75) is 25.4 Å². The summed E-state index contributed by atoms with van der Waals surface area (Å²) in [6.45, 7) is 0.860. The van der Waals surface area contributed by atoms with E-state index < -0.39 is 0 Å². The number of nitrogens with one attached hydrogen (secondary N) is 1. The van der Waals surface area contributed by atoms with Crippen LogP contribution in [0.25, 0.3) is 0 Å². The SMILES string of the molecule is O=C(CN1C(=O)C2CCCN2C1=O)NCc1cccs1. The lowest BCUT2D eigenvalue weighted by Gasteiger charge is -2.14. The quantitative estimate of drug-likeness (QED) is 0.835. The van der Waals surface area contributed by atoms with Gasteiger partial charge in [0, 0.05) is 11.4 Å². The molecule has 106 valence electrons. The van der Waals surface area contributed by atoms with Gasteiger partial charge in [0.05, 0.1) is 6.54 Å². The molecule has 0 saturated carbocycles. The molecule has 0 aromatic carbocycles. The van der Waals surface area contributed by atoms with E-state index >= 15 is 0 Å². The summed E-state index contributed by atoms with van der Waals surface area (Å²) in [4.78, 5) is 39.6. The Morgan fingerprint density at radius 3 is 3.00 bits per heavy atom. The van der Waals surface area contributed by atoms with Gasteiger partial charge in [0.1, 0.15) is 12.6 Å². The van der Waals surface area contributed by atoms with Crippen molar-refractivity contribution in [2.75, 3.05) is 13.1 Å². The molecule has 1 atom stereocenters. The number of hydrogen-bond acceptors (Lipinski definition) is 4. The molecule has 0 bridgehead atoms. The predicted octanol–water partition coefficient (Wildman–Crippen LogP) is 0.791. The molecule has 1 aromatic heterocycles. The van der Waals surface area contributed by atoms with Crippen molar-refractivity contribution in [3.63, 3.8) is 0 Å². The van der Waals surface area contributed by atoms with E-state index in [9.17, 15) is 14.4 Å². The van der Waals surface area contributed by atoms with Crippen LogP contribution in [0.3, 0.4) is 0 Å². The van der Waals surface area contributed by atoms with E-state index in [0.29, 0.717) is 19.5 Å². The minimum absolute atomic E-state index is 0.184.